The number of benzene rings is 3. The predicted octanol–water partition coefficient (Wildman–Crippen LogP) is 6.94. The number of hydrogen-bond acceptors (Lipinski definition) is 9. The van der Waals surface area contributed by atoms with Crippen molar-refractivity contribution in [3.05, 3.63) is 89.5 Å². The Labute approximate surface area is 320 Å². The third-order valence-electron chi connectivity index (χ3n) is 11.4. The average Bonchev–Trinajstić information content (AvgIpc) is 3.23. The van der Waals surface area contributed by atoms with Gasteiger partial charge >= 0.3 is 5.97 Å². The van der Waals surface area contributed by atoms with E-state index in [0.717, 1.165) is 94.5 Å². The standard InChI is InChI=1S/C44H58N2O8/c1-50-39-22-20-32(30-40(39)51-2)19-21-38(35-16-11-17-36(31-35)53-29-26-45-24-27-52-28-25-45)54-44(49)37-18-9-10-23-46(37)43(48)41(33-12-5-3-6-13-33)42(47)34-14-7-4-8-15-34/h4,7-8,11,14-17,20,22,30-31,33,37-38,41-42,47H,3,5-6,9-10,12-13,18-19,21,23-29H2,1-2H3/t37-,38+,41+,42+/m0/s1. The number of ether oxygens (including phenoxy) is 5. The number of esters is 1. The number of morpholine rings is 1. The van der Waals surface area contributed by atoms with Crippen LogP contribution in [0.2, 0.25) is 0 Å². The van der Waals surface area contributed by atoms with E-state index >= 15 is 0 Å². The fourth-order valence-electron chi connectivity index (χ4n) is 8.35. The van der Waals surface area contributed by atoms with Gasteiger partial charge in [-0.1, -0.05) is 67.8 Å². The van der Waals surface area contributed by atoms with Gasteiger partial charge in [0.15, 0.2) is 11.5 Å². The van der Waals surface area contributed by atoms with E-state index in [0.29, 0.717) is 49.7 Å². The van der Waals surface area contributed by atoms with Crippen LogP contribution in [0.15, 0.2) is 72.8 Å². The summed E-state index contributed by atoms with van der Waals surface area (Å²) in [6, 6.07) is 22.4. The van der Waals surface area contributed by atoms with Crippen molar-refractivity contribution in [1.82, 2.24) is 9.80 Å². The molecule has 1 aliphatic carbocycles. The first-order valence-corrected chi connectivity index (χ1v) is 19.9. The summed E-state index contributed by atoms with van der Waals surface area (Å²) in [7, 11) is 3.23. The second-order valence-electron chi connectivity index (χ2n) is 14.9. The maximum absolute atomic E-state index is 14.7. The molecule has 2 aliphatic heterocycles. The average molecular weight is 743 g/mol. The van der Waals surface area contributed by atoms with Gasteiger partial charge < -0.3 is 33.7 Å². The third-order valence-corrected chi connectivity index (χ3v) is 11.4. The number of hydrogen-bond donors (Lipinski definition) is 1. The van der Waals surface area contributed by atoms with E-state index in [2.05, 4.69) is 4.90 Å². The summed E-state index contributed by atoms with van der Waals surface area (Å²) in [5.41, 5.74) is 2.59. The molecule has 0 unspecified atom stereocenters. The number of likely N-dealkylation sites (tertiary alicyclic amines) is 1. The number of piperidine rings is 1. The molecule has 0 bridgehead atoms. The van der Waals surface area contributed by atoms with Gasteiger partial charge in [0.2, 0.25) is 5.91 Å². The van der Waals surface area contributed by atoms with Crippen molar-refractivity contribution in [3.63, 3.8) is 0 Å². The Morgan fingerprint density at radius 2 is 1.56 bits per heavy atom. The zero-order chi connectivity index (χ0) is 37.7. The molecule has 3 aliphatic rings. The van der Waals surface area contributed by atoms with Gasteiger partial charge in [0.05, 0.1) is 39.5 Å². The Kier molecular flexibility index (Phi) is 14.6. The topological polar surface area (TPSA) is 107 Å². The highest BCUT2D eigenvalue weighted by Gasteiger charge is 2.43. The molecule has 54 heavy (non-hydrogen) atoms. The fraction of sp³-hybridized carbons (Fsp3) is 0.545. The maximum atomic E-state index is 14.7. The van der Waals surface area contributed by atoms with Crippen molar-refractivity contribution in [3.8, 4) is 17.2 Å². The van der Waals surface area contributed by atoms with E-state index in [-0.39, 0.29) is 11.8 Å². The van der Waals surface area contributed by atoms with Crippen LogP contribution >= 0.6 is 0 Å². The second-order valence-corrected chi connectivity index (χ2v) is 14.9. The van der Waals surface area contributed by atoms with Crippen LogP contribution in [0.25, 0.3) is 0 Å². The molecule has 2 heterocycles. The van der Waals surface area contributed by atoms with Crippen LogP contribution in [-0.4, -0.2) is 93.0 Å². The van der Waals surface area contributed by atoms with E-state index in [9.17, 15) is 14.7 Å². The molecule has 10 nitrogen and oxygen atoms in total. The van der Waals surface area contributed by atoms with Crippen molar-refractivity contribution in [1.29, 1.82) is 0 Å². The maximum Gasteiger partial charge on any atom is 0.329 e. The molecular formula is C44H58N2O8. The molecule has 6 rings (SSSR count). The number of aliphatic hydroxyl groups excluding tert-OH is 1. The number of carbonyl (C=O) groups excluding carboxylic acids is 2. The van der Waals surface area contributed by atoms with Gasteiger partial charge in [-0.05, 0) is 91.8 Å². The second kappa shape index (κ2) is 20.0. The van der Waals surface area contributed by atoms with Gasteiger partial charge in [0.25, 0.3) is 0 Å². The molecule has 292 valence electrons. The first-order chi connectivity index (χ1) is 26.4. The Morgan fingerprint density at radius 3 is 2.31 bits per heavy atom. The highest BCUT2D eigenvalue weighted by molar-refractivity contribution is 5.87. The molecule has 0 spiro atoms. The first-order valence-electron chi connectivity index (χ1n) is 19.9. The molecule has 0 aromatic heterocycles. The zero-order valence-electron chi connectivity index (χ0n) is 32.0. The number of aryl methyl sites for hydroxylation is 1. The van der Waals surface area contributed by atoms with Gasteiger partial charge in [-0.25, -0.2) is 4.79 Å². The molecule has 1 N–H and O–H groups in total. The van der Waals surface area contributed by atoms with Crippen molar-refractivity contribution < 1.29 is 38.4 Å². The van der Waals surface area contributed by atoms with Crippen LogP contribution in [0.5, 0.6) is 17.2 Å². The van der Waals surface area contributed by atoms with E-state index in [1.54, 1.807) is 19.1 Å². The molecule has 10 heteroatoms. The largest absolute Gasteiger partial charge is 0.493 e. The van der Waals surface area contributed by atoms with Gasteiger partial charge in [-0.3, -0.25) is 9.69 Å². The van der Waals surface area contributed by atoms with Crippen LogP contribution in [0.4, 0.5) is 0 Å². The Morgan fingerprint density at radius 1 is 0.815 bits per heavy atom. The Hall–Kier alpha value is -4.12. The van der Waals surface area contributed by atoms with Crippen LogP contribution < -0.4 is 14.2 Å². The van der Waals surface area contributed by atoms with E-state index in [4.69, 9.17) is 23.7 Å². The summed E-state index contributed by atoms with van der Waals surface area (Å²) < 4.78 is 29.2. The first kappa shape index (κ1) is 39.6. The van der Waals surface area contributed by atoms with E-state index in [1.165, 1.54) is 0 Å². The van der Waals surface area contributed by atoms with Gasteiger partial charge in [-0.2, -0.15) is 0 Å². The minimum Gasteiger partial charge on any atom is -0.493 e. The van der Waals surface area contributed by atoms with Gasteiger partial charge in [0.1, 0.15) is 24.5 Å². The molecule has 0 radical (unpaired) electrons. The van der Waals surface area contributed by atoms with Crippen LogP contribution in [-0.2, 0) is 25.5 Å². The summed E-state index contributed by atoms with van der Waals surface area (Å²) >= 11 is 0. The quantitative estimate of drug-likeness (QED) is 0.156. The third kappa shape index (κ3) is 10.3. The number of carbonyl (C=O) groups is 2. The highest BCUT2D eigenvalue weighted by Crippen LogP contribution is 2.40. The minimum absolute atomic E-state index is 0.0558. The van der Waals surface area contributed by atoms with Crippen LogP contribution in [0, 0.1) is 11.8 Å². The number of rotatable bonds is 16. The monoisotopic (exact) mass is 742 g/mol. The van der Waals surface area contributed by atoms with Crippen molar-refractivity contribution in [2.75, 3.05) is 60.2 Å². The van der Waals surface area contributed by atoms with Crippen LogP contribution in [0.1, 0.15) is 86.7 Å². The summed E-state index contributed by atoms with van der Waals surface area (Å²) in [6.45, 7) is 5.07. The van der Waals surface area contributed by atoms with Crippen LogP contribution in [0.3, 0.4) is 0 Å². The summed E-state index contributed by atoms with van der Waals surface area (Å²) in [5.74, 6) is 0.895. The molecule has 3 aromatic rings. The zero-order valence-corrected chi connectivity index (χ0v) is 32.0. The molecule has 1 saturated carbocycles. The number of methoxy groups -OCH3 is 2. The fourth-order valence-corrected chi connectivity index (χ4v) is 8.35. The molecule has 2 saturated heterocycles. The SMILES string of the molecule is COc1ccc(CC[C@@H](OC(=O)[C@@H]2CCCCN2C(=O)[C@H](C2CCCCC2)[C@H](O)c2ccccc2)c2cccc(OCCN3CCOCC3)c2)cc1OC. The highest BCUT2D eigenvalue weighted by atomic mass is 16.5. The number of nitrogens with zero attached hydrogens (tertiary/aromatic N) is 2. The molecule has 4 atom stereocenters. The Bertz CT molecular complexity index is 1620. The lowest BCUT2D eigenvalue weighted by atomic mass is 9.75. The van der Waals surface area contributed by atoms with E-state index < -0.39 is 30.1 Å². The predicted molar refractivity (Wildman–Crippen MR) is 207 cm³/mol. The Balaban J connectivity index is 1.22. The van der Waals surface area contributed by atoms with E-state index in [1.807, 2.05) is 72.8 Å². The summed E-state index contributed by atoms with van der Waals surface area (Å²) in [4.78, 5) is 33.1. The molecule has 3 fully saturated rings. The van der Waals surface area contributed by atoms with Crippen molar-refractivity contribution in [2.24, 2.45) is 11.8 Å². The summed E-state index contributed by atoms with van der Waals surface area (Å²) in [5, 5.41) is 11.8. The lowest BCUT2D eigenvalue weighted by Crippen LogP contribution is -2.53. The molecule has 3 aromatic carbocycles. The van der Waals surface area contributed by atoms with Crippen molar-refractivity contribution in [2.45, 2.75) is 82.5 Å². The summed E-state index contributed by atoms with van der Waals surface area (Å²) in [6.07, 6.45) is 6.76. The number of aliphatic hydroxyl groups is 1. The van der Waals surface area contributed by atoms with Gasteiger partial charge in [0, 0.05) is 26.2 Å². The van der Waals surface area contributed by atoms with Gasteiger partial charge in [-0.15, -0.1) is 0 Å². The van der Waals surface area contributed by atoms with Crippen molar-refractivity contribution >= 4 is 11.9 Å². The lowest BCUT2D eigenvalue weighted by molar-refractivity contribution is -0.165. The smallest absolute Gasteiger partial charge is 0.329 e. The molecular weight excluding hydrogens is 684 g/mol. The normalized spacial score (nSPS) is 20.1. The number of amides is 1. The molecule has 1 amide bonds. The minimum atomic E-state index is -0.944. The lowest BCUT2D eigenvalue weighted by Gasteiger charge is -2.41.